The Hall–Kier alpha value is -2.61. The van der Waals surface area contributed by atoms with Crippen molar-refractivity contribution in [3.63, 3.8) is 0 Å². The molecule has 3 aromatic carbocycles. The lowest BCUT2D eigenvalue weighted by Crippen LogP contribution is -2.37. The first-order chi connectivity index (χ1) is 15.2. The summed E-state index contributed by atoms with van der Waals surface area (Å²) in [7, 11) is -9.04. The van der Waals surface area contributed by atoms with E-state index in [1.807, 2.05) is 0 Å². The normalized spacial score (nSPS) is 11.9. The molecule has 4 rings (SSSR count). The molecule has 0 saturated carbocycles. The molecule has 0 N–H and O–H groups in total. The van der Waals surface area contributed by atoms with Crippen LogP contribution in [0, 0.1) is 0 Å². The highest BCUT2D eigenvalue weighted by atomic mass is 79.9. The first kappa shape index (κ1) is 22.6. The van der Waals surface area contributed by atoms with E-state index in [-0.39, 0.29) is 15.5 Å². The summed E-state index contributed by atoms with van der Waals surface area (Å²) in [5.41, 5.74) is 0.290. The summed E-state index contributed by atoms with van der Waals surface area (Å²) in [6, 6.07) is 17.3. The quantitative estimate of drug-likeness (QED) is 0.332. The van der Waals surface area contributed by atoms with Gasteiger partial charge in [0.15, 0.2) is 0 Å². The van der Waals surface area contributed by atoms with Gasteiger partial charge in [0.1, 0.15) is 6.33 Å². The summed E-state index contributed by atoms with van der Waals surface area (Å²) >= 11 is 6.51. The Morgan fingerprint density at radius 3 is 1.75 bits per heavy atom. The summed E-state index contributed by atoms with van der Waals surface area (Å²) < 4.78 is 57.4. The van der Waals surface area contributed by atoms with Crippen LogP contribution in [0.25, 0.3) is 5.69 Å². The minimum absolute atomic E-state index is 0.0937. The van der Waals surface area contributed by atoms with Crippen molar-refractivity contribution in [1.29, 1.82) is 0 Å². The van der Waals surface area contributed by atoms with Crippen molar-refractivity contribution in [2.45, 2.75) is 9.79 Å². The van der Waals surface area contributed by atoms with Crippen molar-refractivity contribution < 1.29 is 16.8 Å². The molecule has 0 radical (unpaired) electrons. The zero-order valence-electron chi connectivity index (χ0n) is 15.9. The molecule has 0 fully saturated rings. The zero-order valence-corrected chi connectivity index (χ0v) is 20.8. The molecule has 0 aliphatic heterocycles. The topological polar surface area (TPSA) is 115 Å². The van der Waals surface area contributed by atoms with E-state index in [0.29, 0.717) is 18.3 Å². The Kier molecular flexibility index (Phi) is 6.16. The third kappa shape index (κ3) is 4.33. The largest absolute Gasteiger partial charge is 0.277 e. The van der Waals surface area contributed by atoms with E-state index in [0.717, 1.165) is 0 Å². The van der Waals surface area contributed by atoms with Crippen LogP contribution >= 0.6 is 31.9 Å². The van der Waals surface area contributed by atoms with E-state index < -0.39 is 20.0 Å². The first-order valence-corrected chi connectivity index (χ1v) is 13.3. The predicted octanol–water partition coefficient (Wildman–Crippen LogP) is 3.77. The lowest BCUT2D eigenvalue weighted by atomic mass is 10.3. The Labute approximate surface area is 201 Å². The molecular weight excluding hydrogens is 586 g/mol. The minimum Gasteiger partial charge on any atom is -0.200 e. The molecule has 0 unspecified atom stereocenters. The van der Waals surface area contributed by atoms with Gasteiger partial charge in [-0.1, -0.05) is 37.9 Å². The van der Waals surface area contributed by atoms with Gasteiger partial charge in [-0.15, -0.1) is 5.10 Å². The second-order valence-electron chi connectivity index (χ2n) is 6.39. The number of hydrogen-bond acceptors (Lipinski definition) is 7. The van der Waals surface area contributed by atoms with E-state index in [9.17, 15) is 16.8 Å². The monoisotopic (exact) mass is 597 g/mol. The SMILES string of the molecule is O=S(=O)(c1ccc(Br)cc1)N(c1cccc(-n2cnnn2)c1)S(=O)(=O)c1ccc(Br)cc1. The molecule has 0 atom stereocenters. The van der Waals surface area contributed by atoms with Crippen LogP contribution < -0.4 is 3.71 Å². The summed E-state index contributed by atoms with van der Waals surface area (Å²) in [6.45, 7) is 0. The number of anilines is 1. The van der Waals surface area contributed by atoms with Crippen molar-refractivity contribution in [1.82, 2.24) is 20.2 Å². The molecule has 4 aromatic rings. The Balaban J connectivity index is 1.94. The van der Waals surface area contributed by atoms with Crippen LogP contribution in [-0.2, 0) is 20.0 Å². The van der Waals surface area contributed by atoms with Crippen LogP contribution in [0.4, 0.5) is 5.69 Å². The number of nitrogens with zero attached hydrogens (tertiary/aromatic N) is 5. The highest BCUT2D eigenvalue weighted by Gasteiger charge is 2.37. The maximum atomic E-state index is 13.6. The van der Waals surface area contributed by atoms with Crippen molar-refractivity contribution in [2.75, 3.05) is 3.71 Å². The second kappa shape index (κ2) is 8.73. The van der Waals surface area contributed by atoms with Crippen LogP contribution in [0.3, 0.4) is 0 Å². The number of sulfonamides is 2. The van der Waals surface area contributed by atoms with Gasteiger partial charge in [-0.3, -0.25) is 0 Å². The number of tetrazole rings is 1. The molecule has 0 saturated heterocycles. The molecule has 1 aromatic heterocycles. The van der Waals surface area contributed by atoms with Crippen LogP contribution in [0.15, 0.2) is 97.9 Å². The maximum Gasteiger partial charge on any atom is 0.277 e. The standard InChI is InChI=1S/C19H13Br2N5O4S2/c20-14-4-8-18(9-5-14)31(27,28)26(32(29,30)19-10-6-15(21)7-11-19)17-3-1-2-16(12-17)25-13-22-23-24-25/h1-13H. The summed E-state index contributed by atoms with van der Waals surface area (Å²) in [5.74, 6) is 0. The average molecular weight is 599 g/mol. The van der Waals surface area contributed by atoms with Gasteiger partial charge in [-0.25, -0.2) is 21.5 Å². The number of aromatic nitrogens is 4. The van der Waals surface area contributed by atoms with E-state index in [1.165, 1.54) is 77.7 Å². The molecule has 0 aliphatic carbocycles. The third-order valence-corrected chi connectivity index (χ3v) is 9.58. The van der Waals surface area contributed by atoms with Gasteiger partial charge >= 0.3 is 0 Å². The van der Waals surface area contributed by atoms with Gasteiger partial charge in [-0.05, 0) is 77.2 Å². The number of rotatable bonds is 6. The number of hydrogen-bond donors (Lipinski definition) is 0. The fourth-order valence-electron chi connectivity index (χ4n) is 2.84. The van der Waals surface area contributed by atoms with Crippen molar-refractivity contribution in [3.05, 3.63) is 88.1 Å². The highest BCUT2D eigenvalue weighted by Crippen LogP contribution is 2.32. The van der Waals surface area contributed by atoms with Crippen LogP contribution in [0.5, 0.6) is 0 Å². The highest BCUT2D eigenvalue weighted by molar-refractivity contribution is 9.10. The number of benzene rings is 3. The molecule has 1 heterocycles. The number of halogens is 2. The van der Waals surface area contributed by atoms with Gasteiger partial charge < -0.3 is 0 Å². The molecule has 0 aliphatic rings. The fourth-order valence-corrected chi connectivity index (χ4v) is 7.04. The average Bonchev–Trinajstić information content (AvgIpc) is 3.29. The summed E-state index contributed by atoms with van der Waals surface area (Å²) in [6.07, 6.45) is 1.32. The Morgan fingerprint density at radius 1 is 0.750 bits per heavy atom. The van der Waals surface area contributed by atoms with Gasteiger partial charge in [-0.2, -0.15) is 3.71 Å². The molecule has 9 nitrogen and oxygen atoms in total. The van der Waals surface area contributed by atoms with Gasteiger partial charge in [0, 0.05) is 8.95 Å². The van der Waals surface area contributed by atoms with E-state index >= 15 is 0 Å². The molecule has 13 heteroatoms. The molecule has 0 spiro atoms. The van der Waals surface area contributed by atoms with Crippen LogP contribution in [0.1, 0.15) is 0 Å². The van der Waals surface area contributed by atoms with Crippen molar-refractivity contribution in [3.8, 4) is 5.69 Å². The summed E-state index contributed by atoms with van der Waals surface area (Å²) in [5, 5.41) is 10.9. The predicted molar refractivity (Wildman–Crippen MR) is 124 cm³/mol. The Bertz CT molecular complexity index is 1380. The van der Waals surface area contributed by atoms with Crippen LogP contribution in [-0.4, -0.2) is 37.0 Å². The first-order valence-electron chi connectivity index (χ1n) is 8.85. The van der Waals surface area contributed by atoms with E-state index in [2.05, 4.69) is 47.4 Å². The molecular formula is C19H13Br2N5O4S2. The van der Waals surface area contributed by atoms with E-state index in [1.54, 1.807) is 6.07 Å². The van der Waals surface area contributed by atoms with E-state index in [4.69, 9.17) is 0 Å². The van der Waals surface area contributed by atoms with Crippen molar-refractivity contribution in [2.24, 2.45) is 0 Å². The van der Waals surface area contributed by atoms with Crippen molar-refractivity contribution >= 4 is 57.6 Å². The lowest BCUT2D eigenvalue weighted by molar-refractivity contribution is 0.584. The second-order valence-corrected chi connectivity index (χ2v) is 12.0. The minimum atomic E-state index is -4.52. The van der Waals surface area contributed by atoms with Crippen LogP contribution in [0.2, 0.25) is 0 Å². The zero-order chi connectivity index (χ0) is 22.9. The molecule has 32 heavy (non-hydrogen) atoms. The smallest absolute Gasteiger partial charge is 0.200 e. The third-order valence-electron chi connectivity index (χ3n) is 4.31. The van der Waals surface area contributed by atoms with Gasteiger partial charge in [0.25, 0.3) is 20.0 Å². The Morgan fingerprint density at radius 2 is 1.28 bits per heavy atom. The van der Waals surface area contributed by atoms with Gasteiger partial charge in [0.2, 0.25) is 0 Å². The van der Waals surface area contributed by atoms with Gasteiger partial charge in [0.05, 0.1) is 21.2 Å². The molecule has 0 bridgehead atoms. The summed E-state index contributed by atoms with van der Waals surface area (Å²) in [4.78, 5) is -0.372. The maximum absolute atomic E-state index is 13.6. The fraction of sp³-hybridized carbons (Fsp3) is 0. The molecule has 0 amide bonds. The molecule has 164 valence electrons. The lowest BCUT2D eigenvalue weighted by Gasteiger charge is -2.24.